The van der Waals surface area contributed by atoms with E-state index < -0.39 is 10.0 Å². The fraction of sp³-hybridized carbons (Fsp3) is 0.278. The van der Waals surface area contributed by atoms with Gasteiger partial charge in [0.1, 0.15) is 0 Å². The molecule has 0 atom stereocenters. The number of rotatable bonds is 5. The number of carbonyl (C=O) groups excluding carboxylic acids is 1. The first kappa shape index (κ1) is 20.1. The minimum Gasteiger partial charge on any atom is -0.324 e. The van der Waals surface area contributed by atoms with Crippen LogP contribution in [-0.2, 0) is 14.8 Å². The van der Waals surface area contributed by atoms with E-state index in [1.165, 1.54) is 16.4 Å². The van der Waals surface area contributed by atoms with Crippen LogP contribution in [0.5, 0.6) is 0 Å². The van der Waals surface area contributed by atoms with E-state index in [4.69, 9.17) is 23.2 Å². The number of carbonyl (C=O) groups is 1. The molecule has 0 bridgehead atoms. The van der Waals surface area contributed by atoms with Crippen LogP contribution in [0.25, 0.3) is 0 Å². The third-order valence-electron chi connectivity index (χ3n) is 4.28. The molecule has 1 heterocycles. The van der Waals surface area contributed by atoms with Crippen molar-refractivity contribution in [1.82, 2.24) is 9.21 Å². The van der Waals surface area contributed by atoms with Crippen molar-refractivity contribution in [3.63, 3.8) is 0 Å². The van der Waals surface area contributed by atoms with Gasteiger partial charge in [-0.15, -0.1) is 0 Å². The number of halogens is 2. The quantitative estimate of drug-likeness (QED) is 0.795. The molecule has 0 saturated carbocycles. The van der Waals surface area contributed by atoms with Gasteiger partial charge >= 0.3 is 0 Å². The van der Waals surface area contributed by atoms with Crippen molar-refractivity contribution in [3.05, 3.63) is 58.6 Å². The number of nitrogens with zero attached hydrogens (tertiary/aromatic N) is 2. The smallest absolute Gasteiger partial charge is 0.243 e. The monoisotopic (exact) mass is 427 g/mol. The molecule has 1 aliphatic rings. The van der Waals surface area contributed by atoms with Gasteiger partial charge in [-0.25, -0.2) is 8.42 Å². The highest BCUT2D eigenvalue weighted by molar-refractivity contribution is 7.89. The Morgan fingerprint density at radius 3 is 2.37 bits per heavy atom. The summed E-state index contributed by atoms with van der Waals surface area (Å²) >= 11 is 11.9. The maximum Gasteiger partial charge on any atom is 0.243 e. The Kier molecular flexibility index (Phi) is 6.39. The predicted octanol–water partition coefficient (Wildman–Crippen LogP) is 2.94. The molecule has 2 aromatic carbocycles. The molecule has 1 fully saturated rings. The third kappa shape index (κ3) is 5.00. The Balaban J connectivity index is 1.56. The van der Waals surface area contributed by atoms with Crippen LogP contribution < -0.4 is 5.32 Å². The fourth-order valence-corrected chi connectivity index (χ4v) is 4.77. The third-order valence-corrected chi connectivity index (χ3v) is 6.74. The Morgan fingerprint density at radius 2 is 1.70 bits per heavy atom. The van der Waals surface area contributed by atoms with Crippen molar-refractivity contribution in [2.24, 2.45) is 0 Å². The Labute approximate surface area is 168 Å². The lowest BCUT2D eigenvalue weighted by Gasteiger charge is -2.33. The van der Waals surface area contributed by atoms with Gasteiger partial charge in [-0.2, -0.15) is 4.31 Å². The van der Waals surface area contributed by atoms with Crippen LogP contribution in [0, 0.1) is 0 Å². The maximum atomic E-state index is 12.7. The van der Waals surface area contributed by atoms with E-state index in [1.54, 1.807) is 36.4 Å². The summed E-state index contributed by atoms with van der Waals surface area (Å²) in [5.74, 6) is -0.186. The number of benzene rings is 2. The lowest BCUT2D eigenvalue weighted by molar-refractivity contribution is -0.117. The molecule has 1 amide bonds. The second kappa shape index (κ2) is 8.58. The molecule has 9 heteroatoms. The summed E-state index contributed by atoms with van der Waals surface area (Å²) in [5.41, 5.74) is 0.561. The van der Waals surface area contributed by atoms with E-state index in [0.29, 0.717) is 41.9 Å². The molecule has 3 rings (SSSR count). The van der Waals surface area contributed by atoms with Gasteiger partial charge in [-0.05, 0) is 30.3 Å². The summed E-state index contributed by atoms with van der Waals surface area (Å²) in [7, 11) is -3.59. The van der Waals surface area contributed by atoms with Crippen molar-refractivity contribution in [2.45, 2.75) is 4.90 Å². The largest absolute Gasteiger partial charge is 0.324 e. The zero-order chi connectivity index (χ0) is 19.4. The molecule has 144 valence electrons. The van der Waals surface area contributed by atoms with Gasteiger partial charge in [0.05, 0.1) is 22.2 Å². The maximum absolute atomic E-state index is 12.7. The SMILES string of the molecule is O=C(CN1CCN(S(=O)(=O)c2cccc(Cl)c2)CC1)Nc1ccccc1Cl. The minimum absolute atomic E-state index is 0.177. The van der Waals surface area contributed by atoms with Gasteiger partial charge in [-0.1, -0.05) is 41.4 Å². The van der Waals surface area contributed by atoms with Gasteiger partial charge < -0.3 is 5.32 Å². The first-order chi connectivity index (χ1) is 12.9. The average Bonchev–Trinajstić information content (AvgIpc) is 2.64. The van der Waals surface area contributed by atoms with E-state index >= 15 is 0 Å². The Bertz CT molecular complexity index is 929. The molecule has 0 spiro atoms. The fourth-order valence-electron chi connectivity index (χ4n) is 2.86. The standard InChI is InChI=1S/C18H19Cl2N3O3S/c19-14-4-3-5-15(12-14)27(25,26)23-10-8-22(9-11-23)13-18(24)21-17-7-2-1-6-16(17)20/h1-7,12H,8-11,13H2,(H,21,24). The van der Waals surface area contributed by atoms with Crippen molar-refractivity contribution in [3.8, 4) is 0 Å². The lowest BCUT2D eigenvalue weighted by Crippen LogP contribution is -2.50. The number of nitrogens with one attached hydrogen (secondary N) is 1. The van der Waals surface area contributed by atoms with Crippen LogP contribution >= 0.6 is 23.2 Å². The minimum atomic E-state index is -3.59. The van der Waals surface area contributed by atoms with Gasteiger partial charge in [-0.3, -0.25) is 9.69 Å². The van der Waals surface area contributed by atoms with Crippen LogP contribution in [0.3, 0.4) is 0 Å². The zero-order valence-electron chi connectivity index (χ0n) is 14.4. The Hall–Kier alpha value is -1.64. The van der Waals surface area contributed by atoms with E-state index in [1.807, 2.05) is 4.90 Å². The molecule has 2 aromatic rings. The molecule has 1 saturated heterocycles. The van der Waals surface area contributed by atoms with Crippen LogP contribution in [0.2, 0.25) is 10.0 Å². The number of hydrogen-bond acceptors (Lipinski definition) is 4. The molecule has 27 heavy (non-hydrogen) atoms. The van der Waals surface area contributed by atoms with Crippen molar-refractivity contribution >= 4 is 44.8 Å². The lowest BCUT2D eigenvalue weighted by atomic mass is 10.3. The number of sulfonamides is 1. The normalized spacial score (nSPS) is 16.2. The molecule has 0 radical (unpaired) electrons. The average molecular weight is 428 g/mol. The number of hydrogen-bond donors (Lipinski definition) is 1. The van der Waals surface area contributed by atoms with Gasteiger partial charge in [0, 0.05) is 31.2 Å². The highest BCUT2D eigenvalue weighted by Crippen LogP contribution is 2.22. The molecule has 1 aliphatic heterocycles. The zero-order valence-corrected chi connectivity index (χ0v) is 16.8. The summed E-state index contributed by atoms with van der Waals surface area (Å²) in [5, 5.41) is 3.63. The summed E-state index contributed by atoms with van der Waals surface area (Å²) in [6.45, 7) is 1.74. The van der Waals surface area contributed by atoms with Gasteiger partial charge in [0.15, 0.2) is 0 Å². The van der Waals surface area contributed by atoms with Crippen LogP contribution in [0.4, 0.5) is 5.69 Å². The van der Waals surface area contributed by atoms with Crippen LogP contribution in [0.15, 0.2) is 53.4 Å². The number of para-hydroxylation sites is 1. The van der Waals surface area contributed by atoms with E-state index in [0.717, 1.165) is 0 Å². The highest BCUT2D eigenvalue weighted by Gasteiger charge is 2.29. The summed E-state index contributed by atoms with van der Waals surface area (Å²) in [6, 6.07) is 13.2. The molecular formula is C18H19Cl2N3O3S. The van der Waals surface area contributed by atoms with E-state index in [2.05, 4.69) is 5.32 Å². The van der Waals surface area contributed by atoms with Crippen molar-refractivity contribution < 1.29 is 13.2 Å². The molecule has 0 aliphatic carbocycles. The summed E-state index contributed by atoms with van der Waals surface area (Å²) in [4.78, 5) is 14.3. The summed E-state index contributed by atoms with van der Waals surface area (Å²) < 4.78 is 26.8. The van der Waals surface area contributed by atoms with Crippen LogP contribution in [0.1, 0.15) is 0 Å². The first-order valence-corrected chi connectivity index (χ1v) is 10.6. The molecule has 0 aromatic heterocycles. The van der Waals surface area contributed by atoms with E-state index in [9.17, 15) is 13.2 Å². The molecule has 6 nitrogen and oxygen atoms in total. The molecular weight excluding hydrogens is 409 g/mol. The first-order valence-electron chi connectivity index (χ1n) is 8.39. The van der Waals surface area contributed by atoms with Crippen LogP contribution in [-0.4, -0.2) is 56.3 Å². The number of anilines is 1. The second-order valence-corrected chi connectivity index (χ2v) is 8.95. The Morgan fingerprint density at radius 1 is 1.00 bits per heavy atom. The molecule has 0 unspecified atom stereocenters. The molecule has 1 N–H and O–H groups in total. The van der Waals surface area contributed by atoms with Crippen molar-refractivity contribution in [2.75, 3.05) is 38.0 Å². The number of amides is 1. The van der Waals surface area contributed by atoms with E-state index in [-0.39, 0.29) is 17.3 Å². The van der Waals surface area contributed by atoms with Gasteiger partial charge in [0.2, 0.25) is 15.9 Å². The van der Waals surface area contributed by atoms with Crippen molar-refractivity contribution in [1.29, 1.82) is 0 Å². The number of piperazine rings is 1. The van der Waals surface area contributed by atoms with Gasteiger partial charge in [0.25, 0.3) is 0 Å². The topological polar surface area (TPSA) is 69.7 Å². The highest BCUT2D eigenvalue weighted by atomic mass is 35.5. The second-order valence-electron chi connectivity index (χ2n) is 6.17. The summed E-state index contributed by atoms with van der Waals surface area (Å²) in [6.07, 6.45) is 0. The predicted molar refractivity (Wildman–Crippen MR) is 107 cm³/mol.